The van der Waals surface area contributed by atoms with Crippen LogP contribution in [0.25, 0.3) is 0 Å². The third-order valence-electron chi connectivity index (χ3n) is 2.96. The van der Waals surface area contributed by atoms with Crippen LogP contribution in [0.3, 0.4) is 0 Å². The minimum absolute atomic E-state index is 0.0247. The van der Waals surface area contributed by atoms with Gasteiger partial charge in [0.2, 0.25) is 0 Å². The van der Waals surface area contributed by atoms with Crippen molar-refractivity contribution in [1.29, 1.82) is 0 Å². The van der Waals surface area contributed by atoms with Crippen molar-refractivity contribution in [3.63, 3.8) is 0 Å². The first-order chi connectivity index (χ1) is 8.97. The molecule has 0 aliphatic heterocycles. The third-order valence-corrected chi connectivity index (χ3v) is 2.96. The van der Waals surface area contributed by atoms with Crippen LogP contribution in [0.15, 0.2) is 18.2 Å². The minimum atomic E-state index is -0.0247. The minimum Gasteiger partial charge on any atom is -0.395 e. The molecule has 1 amide bonds. The second-order valence-corrected chi connectivity index (χ2v) is 4.83. The van der Waals surface area contributed by atoms with Crippen LogP contribution >= 0.6 is 0 Å². The Hall–Kier alpha value is -1.79. The second kappa shape index (κ2) is 6.96. The maximum Gasteiger partial charge on any atom is 0.255 e. The van der Waals surface area contributed by atoms with E-state index >= 15 is 0 Å². The predicted molar refractivity (Wildman–Crippen MR) is 77.0 cm³/mol. The molecule has 0 aliphatic rings. The number of rotatable bonds is 3. The molecule has 0 spiro atoms. The fraction of sp³-hybridized carbons (Fsp3) is 0.438. The van der Waals surface area contributed by atoms with E-state index in [0.29, 0.717) is 12.0 Å². The molecule has 1 aromatic rings. The van der Waals surface area contributed by atoms with Crippen molar-refractivity contribution in [2.45, 2.75) is 33.2 Å². The van der Waals surface area contributed by atoms with Crippen molar-refractivity contribution in [2.75, 3.05) is 13.7 Å². The van der Waals surface area contributed by atoms with Gasteiger partial charge in [0.25, 0.3) is 5.91 Å². The summed E-state index contributed by atoms with van der Waals surface area (Å²) in [7, 11) is 1.79. The topological polar surface area (TPSA) is 40.5 Å². The normalized spacial score (nSPS) is 10.0. The Balaban J connectivity index is 3.14. The summed E-state index contributed by atoms with van der Waals surface area (Å²) in [5.41, 5.74) is 2.41. The van der Waals surface area contributed by atoms with Gasteiger partial charge in [0.05, 0.1) is 12.2 Å². The van der Waals surface area contributed by atoms with Gasteiger partial charge in [-0.3, -0.25) is 4.79 Å². The highest BCUT2D eigenvalue weighted by atomic mass is 16.2. The summed E-state index contributed by atoms with van der Waals surface area (Å²) < 4.78 is 0. The van der Waals surface area contributed by atoms with E-state index in [4.69, 9.17) is 5.11 Å². The number of hydrogen-bond donors (Lipinski definition) is 1. The van der Waals surface area contributed by atoms with Gasteiger partial charge in [-0.15, -0.1) is 0 Å². The standard InChI is InChI=1S/C16H21NO2/c1-12(2)17(4)16(19)15-9-8-13(3)11-14(15)7-5-6-10-18/h8-9,11-12,18H,6,10H2,1-4H3. The van der Waals surface area contributed by atoms with Crippen molar-refractivity contribution in [3.8, 4) is 11.8 Å². The Morgan fingerprint density at radius 2 is 2.11 bits per heavy atom. The number of aliphatic hydroxyl groups is 1. The molecule has 0 aliphatic carbocycles. The molecule has 0 unspecified atom stereocenters. The molecule has 0 heterocycles. The van der Waals surface area contributed by atoms with Crippen LogP contribution in [-0.4, -0.2) is 35.6 Å². The Bertz CT molecular complexity index is 509. The van der Waals surface area contributed by atoms with E-state index in [0.717, 1.165) is 11.1 Å². The third kappa shape index (κ3) is 4.11. The van der Waals surface area contributed by atoms with Crippen molar-refractivity contribution in [2.24, 2.45) is 0 Å². The molecular weight excluding hydrogens is 238 g/mol. The number of hydrogen-bond acceptors (Lipinski definition) is 2. The van der Waals surface area contributed by atoms with Crippen LogP contribution in [0.2, 0.25) is 0 Å². The molecule has 1 N–H and O–H groups in total. The van der Waals surface area contributed by atoms with Crippen LogP contribution in [0, 0.1) is 18.8 Å². The molecular formula is C16H21NO2. The molecule has 0 fully saturated rings. The smallest absolute Gasteiger partial charge is 0.255 e. The number of nitrogens with zero attached hydrogens (tertiary/aromatic N) is 1. The fourth-order valence-electron chi connectivity index (χ4n) is 1.59. The van der Waals surface area contributed by atoms with E-state index < -0.39 is 0 Å². The van der Waals surface area contributed by atoms with Gasteiger partial charge in [0.1, 0.15) is 0 Å². The van der Waals surface area contributed by atoms with E-state index in [1.165, 1.54) is 0 Å². The van der Waals surface area contributed by atoms with Crippen molar-refractivity contribution >= 4 is 5.91 Å². The molecule has 0 saturated heterocycles. The molecule has 0 aromatic heterocycles. The van der Waals surface area contributed by atoms with Crippen LogP contribution in [-0.2, 0) is 0 Å². The molecule has 1 aromatic carbocycles. The summed E-state index contributed by atoms with van der Waals surface area (Å²) in [5.74, 6) is 5.82. The van der Waals surface area contributed by atoms with Crippen LogP contribution < -0.4 is 0 Å². The summed E-state index contributed by atoms with van der Waals surface area (Å²) in [4.78, 5) is 14.1. The van der Waals surface area contributed by atoms with Crippen LogP contribution in [0.5, 0.6) is 0 Å². The largest absolute Gasteiger partial charge is 0.395 e. The van der Waals surface area contributed by atoms with Crippen LogP contribution in [0.4, 0.5) is 0 Å². The van der Waals surface area contributed by atoms with E-state index in [1.54, 1.807) is 11.9 Å². The highest BCUT2D eigenvalue weighted by Gasteiger charge is 2.17. The first-order valence-corrected chi connectivity index (χ1v) is 6.45. The molecule has 1 rings (SSSR count). The number of carbonyl (C=O) groups is 1. The number of carbonyl (C=O) groups excluding carboxylic acids is 1. The predicted octanol–water partition coefficient (Wildman–Crippen LogP) is 2.21. The summed E-state index contributed by atoms with van der Waals surface area (Å²) in [5, 5.41) is 8.76. The molecule has 3 nitrogen and oxygen atoms in total. The van der Waals surface area contributed by atoms with E-state index in [2.05, 4.69) is 11.8 Å². The average molecular weight is 259 g/mol. The maximum absolute atomic E-state index is 12.4. The molecule has 0 radical (unpaired) electrons. The highest BCUT2D eigenvalue weighted by Crippen LogP contribution is 2.14. The Morgan fingerprint density at radius 3 is 2.68 bits per heavy atom. The number of aryl methyl sites for hydroxylation is 1. The summed E-state index contributed by atoms with van der Waals surface area (Å²) >= 11 is 0. The molecule has 3 heteroatoms. The summed E-state index contributed by atoms with van der Waals surface area (Å²) in [6.45, 7) is 5.96. The Morgan fingerprint density at radius 1 is 1.42 bits per heavy atom. The lowest BCUT2D eigenvalue weighted by Gasteiger charge is -2.22. The van der Waals surface area contributed by atoms with Gasteiger partial charge in [-0.05, 0) is 38.5 Å². The summed E-state index contributed by atoms with van der Waals surface area (Å²) in [6, 6.07) is 5.79. The zero-order valence-corrected chi connectivity index (χ0v) is 12.0. The first kappa shape index (κ1) is 15.3. The fourth-order valence-corrected chi connectivity index (χ4v) is 1.59. The maximum atomic E-state index is 12.4. The Kier molecular flexibility index (Phi) is 5.59. The molecule has 19 heavy (non-hydrogen) atoms. The van der Waals surface area contributed by atoms with Gasteiger partial charge in [-0.2, -0.15) is 0 Å². The average Bonchev–Trinajstić information content (AvgIpc) is 2.37. The molecule has 0 saturated carbocycles. The lowest BCUT2D eigenvalue weighted by molar-refractivity contribution is 0.0754. The van der Waals surface area contributed by atoms with E-state index in [-0.39, 0.29) is 18.6 Å². The van der Waals surface area contributed by atoms with Crippen molar-refractivity contribution in [3.05, 3.63) is 34.9 Å². The van der Waals surface area contributed by atoms with Crippen molar-refractivity contribution < 1.29 is 9.90 Å². The van der Waals surface area contributed by atoms with Gasteiger partial charge in [-0.1, -0.05) is 17.9 Å². The quantitative estimate of drug-likeness (QED) is 0.845. The molecule has 0 atom stereocenters. The number of amides is 1. The zero-order chi connectivity index (χ0) is 14.4. The lowest BCUT2D eigenvalue weighted by atomic mass is 10.0. The summed E-state index contributed by atoms with van der Waals surface area (Å²) in [6.07, 6.45) is 0.418. The highest BCUT2D eigenvalue weighted by molar-refractivity contribution is 5.96. The molecule has 102 valence electrons. The monoisotopic (exact) mass is 259 g/mol. The number of aliphatic hydroxyl groups excluding tert-OH is 1. The first-order valence-electron chi connectivity index (χ1n) is 6.45. The van der Waals surface area contributed by atoms with E-state index in [9.17, 15) is 4.79 Å². The van der Waals surface area contributed by atoms with Crippen LogP contribution in [0.1, 0.15) is 41.8 Å². The van der Waals surface area contributed by atoms with Gasteiger partial charge >= 0.3 is 0 Å². The van der Waals surface area contributed by atoms with Gasteiger partial charge in [0, 0.05) is 25.1 Å². The number of benzene rings is 1. The molecule has 0 bridgehead atoms. The zero-order valence-electron chi connectivity index (χ0n) is 12.0. The van der Waals surface area contributed by atoms with Crippen molar-refractivity contribution in [1.82, 2.24) is 4.90 Å². The Labute approximate surface area is 115 Å². The SMILES string of the molecule is Cc1ccc(C(=O)N(C)C(C)C)c(C#CCCO)c1. The van der Waals surface area contributed by atoms with E-state index in [1.807, 2.05) is 39.0 Å². The lowest BCUT2D eigenvalue weighted by Crippen LogP contribution is -2.33. The second-order valence-electron chi connectivity index (χ2n) is 4.83. The van der Waals surface area contributed by atoms with Gasteiger partial charge in [0.15, 0.2) is 0 Å². The van der Waals surface area contributed by atoms with Gasteiger partial charge in [-0.25, -0.2) is 0 Å². The van der Waals surface area contributed by atoms with Gasteiger partial charge < -0.3 is 10.0 Å².